The predicted molar refractivity (Wildman–Crippen MR) is 83.4 cm³/mol. The van der Waals surface area contributed by atoms with E-state index < -0.39 is 0 Å². The molecule has 21 heavy (non-hydrogen) atoms. The normalized spacial score (nSPS) is 38.0. The van der Waals surface area contributed by atoms with Crippen LogP contribution in [0.1, 0.15) is 39.0 Å². The zero-order valence-electron chi connectivity index (χ0n) is 12.4. The van der Waals surface area contributed by atoms with Crippen molar-refractivity contribution in [2.75, 3.05) is 6.54 Å². The van der Waals surface area contributed by atoms with E-state index in [2.05, 4.69) is 16.2 Å². The van der Waals surface area contributed by atoms with E-state index in [1.165, 1.54) is 6.42 Å². The molecular weight excluding hydrogens is 286 g/mol. The quantitative estimate of drug-likeness (QED) is 0.409. The second kappa shape index (κ2) is 6.01. The summed E-state index contributed by atoms with van der Waals surface area (Å²) < 4.78 is 0. The van der Waals surface area contributed by atoms with Gasteiger partial charge in [0, 0.05) is 24.4 Å². The van der Waals surface area contributed by atoms with Crippen molar-refractivity contribution in [3.05, 3.63) is 0 Å². The molecule has 3 fully saturated rings. The van der Waals surface area contributed by atoms with Crippen LogP contribution in [0.15, 0.2) is 0 Å². The molecule has 0 aromatic carbocycles. The molecule has 5 atom stereocenters. The number of hydrazine groups is 1. The van der Waals surface area contributed by atoms with Crippen molar-refractivity contribution in [3.63, 3.8) is 0 Å². The Kier molecular flexibility index (Phi) is 4.26. The molecule has 3 aliphatic rings. The molecule has 0 heterocycles. The Morgan fingerprint density at radius 2 is 2.00 bits per heavy atom. The minimum absolute atomic E-state index is 0.00781. The highest BCUT2D eigenvalue weighted by Crippen LogP contribution is 2.51. The first-order valence-corrected chi connectivity index (χ1v) is 8.41. The van der Waals surface area contributed by atoms with Crippen LogP contribution < -0.4 is 16.2 Å². The van der Waals surface area contributed by atoms with Crippen molar-refractivity contribution in [1.82, 2.24) is 16.2 Å². The molecule has 0 radical (unpaired) electrons. The van der Waals surface area contributed by atoms with Gasteiger partial charge in [0.2, 0.25) is 11.6 Å². The van der Waals surface area contributed by atoms with Crippen LogP contribution >= 0.6 is 12.2 Å². The third-order valence-corrected chi connectivity index (χ3v) is 5.63. The average molecular weight is 309 g/mol. The van der Waals surface area contributed by atoms with Gasteiger partial charge >= 0.3 is 0 Å². The fourth-order valence-corrected chi connectivity index (χ4v) is 4.77. The van der Waals surface area contributed by atoms with Gasteiger partial charge < -0.3 is 5.32 Å². The van der Waals surface area contributed by atoms with E-state index in [4.69, 9.17) is 12.2 Å². The monoisotopic (exact) mass is 309 g/mol. The first kappa shape index (κ1) is 14.9. The van der Waals surface area contributed by atoms with E-state index in [9.17, 15) is 9.59 Å². The number of carbonyl (C=O) groups is 2. The topological polar surface area (TPSA) is 70.2 Å². The van der Waals surface area contributed by atoms with Gasteiger partial charge in [-0.15, -0.1) is 0 Å². The van der Waals surface area contributed by atoms with Crippen LogP contribution in [0.5, 0.6) is 0 Å². The molecule has 3 N–H and O–H groups in total. The number of hydrogen-bond donors (Lipinski definition) is 3. The highest BCUT2D eigenvalue weighted by atomic mass is 32.1. The number of carbonyl (C=O) groups excluding carboxylic acids is 2. The van der Waals surface area contributed by atoms with Gasteiger partial charge in [0.1, 0.15) is 0 Å². The van der Waals surface area contributed by atoms with Crippen molar-refractivity contribution >= 4 is 28.9 Å². The molecule has 3 aliphatic carbocycles. The molecule has 0 spiro atoms. The summed E-state index contributed by atoms with van der Waals surface area (Å²) in [5.74, 6) is 0.399. The molecule has 0 aromatic rings. The Morgan fingerprint density at radius 3 is 2.76 bits per heavy atom. The largest absolute Gasteiger partial charge is 0.362 e. The Bertz CT molecular complexity index is 468. The first-order valence-electron chi connectivity index (χ1n) is 8.01. The van der Waals surface area contributed by atoms with Crippen LogP contribution in [0.2, 0.25) is 0 Å². The zero-order valence-corrected chi connectivity index (χ0v) is 13.2. The molecular formula is C15H23N3O2S. The minimum atomic E-state index is -0.154. The fourth-order valence-electron chi connectivity index (χ4n) is 4.57. The maximum Gasteiger partial charge on any atom is 0.203 e. The summed E-state index contributed by atoms with van der Waals surface area (Å²) in [7, 11) is 0. The van der Waals surface area contributed by atoms with E-state index in [0.717, 1.165) is 32.2 Å². The van der Waals surface area contributed by atoms with Crippen molar-refractivity contribution in [3.8, 4) is 0 Å². The molecule has 0 amide bonds. The van der Waals surface area contributed by atoms with Gasteiger partial charge in [-0.05, 0) is 50.2 Å². The lowest BCUT2D eigenvalue weighted by atomic mass is 9.63. The summed E-state index contributed by atoms with van der Waals surface area (Å²) >= 11 is 5.14. The number of rotatable bonds is 3. The van der Waals surface area contributed by atoms with Gasteiger partial charge in [-0.1, -0.05) is 12.8 Å². The van der Waals surface area contributed by atoms with E-state index in [1.807, 2.05) is 6.92 Å². The summed E-state index contributed by atoms with van der Waals surface area (Å²) in [5, 5.41) is 3.55. The molecule has 5 unspecified atom stereocenters. The van der Waals surface area contributed by atoms with Crippen LogP contribution in [0, 0.1) is 23.7 Å². The van der Waals surface area contributed by atoms with Crippen molar-refractivity contribution in [1.29, 1.82) is 0 Å². The number of thiocarbonyl (C=S) groups is 1. The van der Waals surface area contributed by atoms with E-state index in [0.29, 0.717) is 11.0 Å². The first-order chi connectivity index (χ1) is 10.1. The Morgan fingerprint density at radius 1 is 1.19 bits per heavy atom. The van der Waals surface area contributed by atoms with Crippen molar-refractivity contribution in [2.45, 2.75) is 45.1 Å². The van der Waals surface area contributed by atoms with E-state index in [-0.39, 0.29) is 35.4 Å². The second-order valence-corrected chi connectivity index (χ2v) is 6.85. The number of ketones is 2. The highest BCUT2D eigenvalue weighted by Gasteiger charge is 2.57. The van der Waals surface area contributed by atoms with Gasteiger partial charge in [0.05, 0.1) is 0 Å². The molecule has 116 valence electrons. The van der Waals surface area contributed by atoms with Gasteiger partial charge in [-0.25, -0.2) is 5.43 Å². The molecule has 3 rings (SSSR count). The van der Waals surface area contributed by atoms with Crippen LogP contribution in [0.3, 0.4) is 0 Å². The van der Waals surface area contributed by atoms with E-state index in [1.54, 1.807) is 0 Å². The smallest absolute Gasteiger partial charge is 0.203 e. The Hall–Kier alpha value is -1.01. The highest BCUT2D eigenvalue weighted by molar-refractivity contribution is 7.80. The van der Waals surface area contributed by atoms with Gasteiger partial charge in [-0.3, -0.25) is 15.0 Å². The molecule has 0 aliphatic heterocycles. The summed E-state index contributed by atoms with van der Waals surface area (Å²) in [4.78, 5) is 24.6. The van der Waals surface area contributed by atoms with Crippen molar-refractivity contribution < 1.29 is 9.59 Å². The lowest BCUT2D eigenvalue weighted by molar-refractivity contribution is -0.137. The number of nitrogens with one attached hydrogen (secondary N) is 3. The maximum absolute atomic E-state index is 12.4. The summed E-state index contributed by atoms with van der Waals surface area (Å²) in [6, 6.07) is 0.0161. The van der Waals surface area contributed by atoms with Crippen LogP contribution in [-0.2, 0) is 9.59 Å². The maximum atomic E-state index is 12.4. The molecule has 0 bridgehead atoms. The molecule has 3 saturated carbocycles. The Labute approximate surface area is 130 Å². The molecule has 5 nitrogen and oxygen atoms in total. The summed E-state index contributed by atoms with van der Waals surface area (Å²) in [5.41, 5.74) is 6.16. The summed E-state index contributed by atoms with van der Waals surface area (Å²) in [6.45, 7) is 2.73. The van der Waals surface area contributed by atoms with Crippen LogP contribution in [-0.4, -0.2) is 29.3 Å². The summed E-state index contributed by atoms with van der Waals surface area (Å²) in [6.07, 6.45) is 5.20. The third-order valence-electron chi connectivity index (χ3n) is 5.39. The average Bonchev–Trinajstić information content (AvgIpc) is 2.74. The van der Waals surface area contributed by atoms with Gasteiger partial charge in [0.15, 0.2) is 5.11 Å². The fraction of sp³-hybridized carbons (Fsp3) is 0.800. The SMILES string of the molecule is CCNC(=S)NNC1CCC2CCCC3C(=O)C(=O)C1C23. The van der Waals surface area contributed by atoms with Crippen LogP contribution in [0.25, 0.3) is 0 Å². The third kappa shape index (κ3) is 2.59. The zero-order chi connectivity index (χ0) is 15.0. The predicted octanol–water partition coefficient (Wildman–Crippen LogP) is 0.938. The molecule has 6 heteroatoms. The lowest BCUT2D eigenvalue weighted by Crippen LogP contribution is -2.55. The lowest BCUT2D eigenvalue weighted by Gasteiger charge is -2.43. The van der Waals surface area contributed by atoms with E-state index >= 15 is 0 Å². The van der Waals surface area contributed by atoms with Crippen LogP contribution in [0.4, 0.5) is 0 Å². The standard InChI is InChI=1S/C15H23N3O2S/c1-2-16-15(21)18-17-10-7-6-8-4-3-5-9-11(8)12(10)14(20)13(9)19/h8-12,17H,2-7H2,1H3,(H2,16,18,21). The van der Waals surface area contributed by atoms with Gasteiger partial charge in [0.25, 0.3) is 0 Å². The minimum Gasteiger partial charge on any atom is -0.362 e. The number of hydrogen-bond acceptors (Lipinski definition) is 4. The number of Topliss-reactive ketones (excluding diaryl/α,β-unsaturated/α-hetero) is 2. The Balaban J connectivity index is 1.71. The second-order valence-electron chi connectivity index (χ2n) is 6.44. The van der Waals surface area contributed by atoms with Gasteiger partial charge in [-0.2, -0.15) is 0 Å². The molecule has 0 saturated heterocycles. The van der Waals surface area contributed by atoms with Crippen molar-refractivity contribution in [2.24, 2.45) is 23.7 Å². The molecule has 0 aromatic heterocycles.